The van der Waals surface area contributed by atoms with E-state index >= 15 is 0 Å². The molecule has 0 unspecified atom stereocenters. The van der Waals surface area contributed by atoms with Crippen molar-refractivity contribution in [3.05, 3.63) is 64.9 Å². The van der Waals surface area contributed by atoms with Gasteiger partial charge in [0.15, 0.2) is 5.69 Å². The molecule has 0 radical (unpaired) electrons. The van der Waals surface area contributed by atoms with Crippen molar-refractivity contribution in [1.82, 2.24) is 24.1 Å². The summed E-state index contributed by atoms with van der Waals surface area (Å²) < 4.78 is 32.6. The molecule has 3 atom stereocenters. The van der Waals surface area contributed by atoms with Crippen LogP contribution in [0.3, 0.4) is 0 Å². The largest absolute Gasteiger partial charge is 0.461 e. The minimum Gasteiger partial charge on any atom is -0.461 e. The molecule has 3 aliphatic heterocycles. The molecule has 13 heteroatoms. The van der Waals surface area contributed by atoms with Crippen molar-refractivity contribution in [1.29, 1.82) is 0 Å². The number of ether oxygens (including phenoxy) is 3. The molecule has 3 aromatic rings. The third-order valence-corrected chi connectivity index (χ3v) is 10.3. The Morgan fingerprint density at radius 3 is 2.46 bits per heavy atom. The molecule has 5 heterocycles. The smallest absolute Gasteiger partial charge is 0.410 e. The summed E-state index contributed by atoms with van der Waals surface area (Å²) in [4.78, 5) is 54.2. The number of halogens is 1. The number of morpholine rings is 1. The minimum absolute atomic E-state index is 0.0744. The highest BCUT2D eigenvalue weighted by Gasteiger charge is 2.44. The van der Waals surface area contributed by atoms with Crippen LogP contribution in [0, 0.1) is 5.82 Å². The predicted octanol–water partition coefficient (Wildman–Crippen LogP) is 4.90. The molecule has 0 bridgehead atoms. The zero-order valence-electron chi connectivity index (χ0n) is 31.8. The molecule has 2 amide bonds. The fraction of sp³-hybridized carbons (Fsp3) is 0.590. The number of amides is 2. The van der Waals surface area contributed by atoms with Gasteiger partial charge in [-0.2, -0.15) is 0 Å². The minimum atomic E-state index is -0.628. The van der Waals surface area contributed by atoms with Gasteiger partial charge in [-0.05, 0) is 65.3 Å². The number of benzene rings is 1. The maximum atomic E-state index is 14.7. The Labute approximate surface area is 305 Å². The van der Waals surface area contributed by atoms with Crippen LogP contribution in [0.2, 0.25) is 0 Å². The van der Waals surface area contributed by atoms with Crippen LogP contribution in [-0.2, 0) is 30.8 Å². The Morgan fingerprint density at radius 2 is 1.79 bits per heavy atom. The highest BCUT2D eigenvalue weighted by Crippen LogP contribution is 2.43. The molecule has 12 nitrogen and oxygen atoms in total. The summed E-state index contributed by atoms with van der Waals surface area (Å²) in [5.41, 5.74) is 2.92. The van der Waals surface area contributed by atoms with Crippen LogP contribution in [0.1, 0.15) is 82.7 Å². The third kappa shape index (κ3) is 7.81. The first-order valence-corrected chi connectivity index (χ1v) is 18.4. The van der Waals surface area contributed by atoms with E-state index in [0.29, 0.717) is 62.8 Å². The summed E-state index contributed by atoms with van der Waals surface area (Å²) in [6.45, 7) is 20.0. The number of pyridine rings is 1. The van der Waals surface area contributed by atoms with Crippen LogP contribution in [0.5, 0.6) is 0 Å². The molecule has 2 saturated heterocycles. The van der Waals surface area contributed by atoms with E-state index in [0.717, 1.165) is 23.4 Å². The SMILES string of the molecule is CCOC(=O)c1cnc2c(Cc3ccc(F)cc3)cc3c(n12)C(C)(C)CN3C(=O)CN1C[C@@H](C)N(C(=O)OC(C)(C)C)C[C@@H]1CN1CCOC[C@H]1C. The lowest BCUT2D eigenvalue weighted by Gasteiger charge is -2.47. The zero-order valence-corrected chi connectivity index (χ0v) is 31.8. The van der Waals surface area contributed by atoms with Crippen molar-refractivity contribution in [2.45, 2.75) is 91.0 Å². The molecule has 3 aliphatic rings. The van der Waals surface area contributed by atoms with Crippen molar-refractivity contribution < 1.29 is 33.0 Å². The summed E-state index contributed by atoms with van der Waals surface area (Å²) in [7, 11) is 0. The van der Waals surface area contributed by atoms with Gasteiger partial charge < -0.3 is 24.0 Å². The lowest BCUT2D eigenvalue weighted by molar-refractivity contribution is -0.121. The maximum Gasteiger partial charge on any atom is 0.410 e. The third-order valence-electron chi connectivity index (χ3n) is 10.3. The normalized spacial score (nSPS) is 22.4. The predicted molar refractivity (Wildman–Crippen MR) is 195 cm³/mol. The van der Waals surface area contributed by atoms with Crippen molar-refractivity contribution in [3.8, 4) is 0 Å². The summed E-state index contributed by atoms with van der Waals surface area (Å²) in [6.07, 6.45) is 1.60. The number of esters is 1. The second kappa shape index (κ2) is 14.7. The van der Waals surface area contributed by atoms with E-state index in [-0.39, 0.29) is 49.1 Å². The van der Waals surface area contributed by atoms with Crippen LogP contribution >= 0.6 is 0 Å². The summed E-state index contributed by atoms with van der Waals surface area (Å²) in [5, 5.41) is 0. The molecule has 1 aromatic carbocycles. The monoisotopic (exact) mass is 720 g/mol. The first kappa shape index (κ1) is 37.7. The Balaban J connectivity index is 1.35. The number of hydrogen-bond donors (Lipinski definition) is 0. The topological polar surface area (TPSA) is 109 Å². The van der Waals surface area contributed by atoms with E-state index in [1.807, 2.05) is 43.1 Å². The van der Waals surface area contributed by atoms with Crippen LogP contribution in [0.4, 0.5) is 14.9 Å². The van der Waals surface area contributed by atoms with E-state index in [1.54, 1.807) is 24.0 Å². The van der Waals surface area contributed by atoms with Crippen LogP contribution < -0.4 is 4.90 Å². The average molecular weight is 721 g/mol. The second-order valence-electron chi connectivity index (χ2n) is 16.1. The van der Waals surface area contributed by atoms with Gasteiger partial charge in [0, 0.05) is 68.2 Å². The number of rotatable bonds is 8. The van der Waals surface area contributed by atoms with Gasteiger partial charge in [0.2, 0.25) is 5.91 Å². The summed E-state index contributed by atoms with van der Waals surface area (Å²) >= 11 is 0. The van der Waals surface area contributed by atoms with Crippen molar-refractivity contribution in [3.63, 3.8) is 0 Å². The van der Waals surface area contributed by atoms with Gasteiger partial charge in [-0.15, -0.1) is 0 Å². The number of aromatic nitrogens is 2. The fourth-order valence-corrected chi connectivity index (χ4v) is 7.77. The molecule has 0 spiro atoms. The summed E-state index contributed by atoms with van der Waals surface area (Å²) in [6, 6.07) is 8.21. The number of carbonyl (C=O) groups is 3. The maximum absolute atomic E-state index is 14.7. The lowest BCUT2D eigenvalue weighted by atomic mass is 9.90. The van der Waals surface area contributed by atoms with E-state index in [4.69, 9.17) is 14.2 Å². The lowest BCUT2D eigenvalue weighted by Crippen LogP contribution is -2.64. The standard InChI is InChI=1S/C39H53FN6O6/c1-9-51-36(48)32-18-41-35-28(16-27-10-12-29(40)13-11-27)17-31-34(46(32)35)39(7,8)24-45(31)33(47)22-43-19-25(2)44(37(49)52-38(4,5)6)21-30(43)20-42-14-15-50-23-26(42)3/h10-13,17-18,25-26,30H,9,14-16,19-24H2,1-8H3/t25-,26-,30+/m1/s1. The van der Waals surface area contributed by atoms with Crippen molar-refractivity contribution in [2.75, 3.05) is 64.0 Å². The van der Waals surface area contributed by atoms with Crippen LogP contribution in [-0.4, -0.2) is 125 Å². The van der Waals surface area contributed by atoms with Gasteiger partial charge in [0.05, 0.1) is 43.9 Å². The highest BCUT2D eigenvalue weighted by molar-refractivity contribution is 5.98. The fourth-order valence-electron chi connectivity index (χ4n) is 7.77. The molecule has 0 N–H and O–H groups in total. The summed E-state index contributed by atoms with van der Waals surface area (Å²) in [5.74, 6) is -0.891. The number of piperazine rings is 1. The van der Waals surface area contributed by atoms with Crippen LogP contribution in [0.15, 0.2) is 36.5 Å². The second-order valence-corrected chi connectivity index (χ2v) is 16.1. The number of nitrogens with zero attached hydrogens (tertiary/aromatic N) is 6. The van der Waals surface area contributed by atoms with Gasteiger partial charge in [-0.1, -0.05) is 26.0 Å². The first-order chi connectivity index (χ1) is 24.6. The van der Waals surface area contributed by atoms with Crippen LogP contribution in [0.25, 0.3) is 5.65 Å². The highest BCUT2D eigenvalue weighted by atomic mass is 19.1. The molecule has 0 aliphatic carbocycles. The van der Waals surface area contributed by atoms with E-state index < -0.39 is 17.0 Å². The van der Waals surface area contributed by atoms with Gasteiger partial charge in [-0.25, -0.2) is 19.0 Å². The number of imidazole rings is 1. The molecule has 0 saturated carbocycles. The van der Waals surface area contributed by atoms with E-state index in [2.05, 4.69) is 35.6 Å². The van der Waals surface area contributed by atoms with E-state index in [9.17, 15) is 18.8 Å². The first-order valence-electron chi connectivity index (χ1n) is 18.4. The molecule has 2 aromatic heterocycles. The number of hydrogen-bond acceptors (Lipinski definition) is 9. The molecule has 52 heavy (non-hydrogen) atoms. The van der Waals surface area contributed by atoms with Crippen molar-refractivity contribution in [2.24, 2.45) is 0 Å². The molecule has 2 fully saturated rings. The molecular weight excluding hydrogens is 667 g/mol. The molecular formula is C39H53FN6O6. The Bertz CT molecular complexity index is 1800. The van der Waals surface area contributed by atoms with Gasteiger partial charge in [0.25, 0.3) is 0 Å². The van der Waals surface area contributed by atoms with Gasteiger partial charge in [-0.3, -0.25) is 19.0 Å². The zero-order chi connectivity index (χ0) is 37.5. The molecule has 282 valence electrons. The average Bonchev–Trinajstić information content (AvgIpc) is 3.62. The van der Waals surface area contributed by atoms with Gasteiger partial charge >= 0.3 is 12.1 Å². The number of anilines is 1. The van der Waals surface area contributed by atoms with Gasteiger partial charge in [0.1, 0.15) is 17.1 Å². The van der Waals surface area contributed by atoms with Crippen molar-refractivity contribution >= 4 is 29.3 Å². The number of fused-ring (bicyclic) bond motifs is 3. The Hall–Kier alpha value is -4.07. The quantitative estimate of drug-likeness (QED) is 0.301. The Kier molecular flexibility index (Phi) is 10.7. The molecule has 6 rings (SSSR count). The Morgan fingerprint density at radius 1 is 1.06 bits per heavy atom. The number of carbonyl (C=O) groups excluding carboxylic acids is 3. The van der Waals surface area contributed by atoms with E-state index in [1.165, 1.54) is 18.3 Å².